The molecule has 0 radical (unpaired) electrons. The van der Waals surface area contributed by atoms with Crippen molar-refractivity contribution in [2.45, 2.75) is 18.2 Å². The minimum absolute atomic E-state index is 0.145. The van der Waals surface area contributed by atoms with Crippen molar-refractivity contribution in [2.24, 2.45) is 0 Å². The summed E-state index contributed by atoms with van der Waals surface area (Å²) < 4.78 is 0. The first-order chi connectivity index (χ1) is 5.06. The number of aliphatic carboxylic acids is 1. The molecule has 0 saturated heterocycles. The van der Waals surface area contributed by atoms with Crippen molar-refractivity contribution in [3.8, 4) is 0 Å². The van der Waals surface area contributed by atoms with Gasteiger partial charge in [0.2, 0.25) is 0 Å². The molecule has 1 atom stereocenters. The molecule has 11 heavy (non-hydrogen) atoms. The lowest BCUT2D eigenvalue weighted by Gasteiger charge is -2.05. The van der Waals surface area contributed by atoms with Crippen LogP contribution in [0.2, 0.25) is 0 Å². The van der Waals surface area contributed by atoms with E-state index < -0.39 is 12.4 Å². The highest BCUT2D eigenvalue weighted by Crippen LogP contribution is 1.99. The number of carboxylic acids is 1. The summed E-state index contributed by atoms with van der Waals surface area (Å²) in [6.07, 6.45) is -0.273. The normalized spacial score (nSPS) is 12.5. The van der Waals surface area contributed by atoms with Crippen molar-refractivity contribution >= 4 is 24.4 Å². The Morgan fingerprint density at radius 3 is 2.55 bits per heavy atom. The van der Waals surface area contributed by atoms with Crippen LogP contribution in [-0.4, -0.2) is 29.3 Å². The van der Waals surface area contributed by atoms with E-state index in [4.69, 9.17) is 5.11 Å². The molecule has 0 aliphatic rings. The van der Waals surface area contributed by atoms with Crippen LogP contribution < -0.4 is 5.32 Å². The number of nitrogens with one attached hydrogen (secondary N) is 1. The van der Waals surface area contributed by atoms with Gasteiger partial charge in [0.1, 0.15) is 12.2 Å². The highest BCUT2D eigenvalue weighted by Gasteiger charge is 2.10. The number of thiol groups is 1. The number of Topliss-reactive ketones (excluding diaryl/α,β-unsaturated/α-hetero) is 1. The molecule has 0 rings (SSSR count). The van der Waals surface area contributed by atoms with E-state index in [1.165, 1.54) is 0 Å². The lowest BCUT2D eigenvalue weighted by Crippen LogP contribution is -2.23. The van der Waals surface area contributed by atoms with Crippen LogP contribution in [0.4, 0.5) is 0 Å². The third-order valence-corrected chi connectivity index (χ3v) is 1.54. The molecule has 0 amide bonds. The summed E-state index contributed by atoms with van der Waals surface area (Å²) in [5.74, 6) is -1.40. The van der Waals surface area contributed by atoms with Crippen molar-refractivity contribution in [3.05, 3.63) is 0 Å². The first-order valence-electron chi connectivity index (χ1n) is 3.15. The van der Waals surface area contributed by atoms with Crippen molar-refractivity contribution < 1.29 is 14.7 Å². The van der Waals surface area contributed by atoms with Gasteiger partial charge in [0.05, 0.1) is 5.37 Å². The van der Waals surface area contributed by atoms with Gasteiger partial charge < -0.3 is 10.4 Å². The van der Waals surface area contributed by atoms with Gasteiger partial charge in [-0.1, -0.05) is 0 Å². The molecule has 0 spiro atoms. The average molecular weight is 177 g/mol. The number of hydrogen-bond donors (Lipinski definition) is 3. The minimum atomic E-state index is -1.09. The third kappa shape index (κ3) is 5.87. The summed E-state index contributed by atoms with van der Waals surface area (Å²) in [7, 11) is 1.66. The van der Waals surface area contributed by atoms with Crippen LogP contribution in [-0.2, 0) is 9.59 Å². The fraction of sp³-hybridized carbons (Fsp3) is 0.667. The van der Waals surface area contributed by atoms with Crippen LogP contribution in [0.1, 0.15) is 12.8 Å². The van der Waals surface area contributed by atoms with Crippen LogP contribution in [0.15, 0.2) is 0 Å². The van der Waals surface area contributed by atoms with Crippen LogP contribution in [0, 0.1) is 0 Å². The van der Waals surface area contributed by atoms with Crippen molar-refractivity contribution in [2.75, 3.05) is 7.05 Å². The first-order valence-corrected chi connectivity index (χ1v) is 3.66. The van der Waals surface area contributed by atoms with Gasteiger partial charge in [0.25, 0.3) is 0 Å². The van der Waals surface area contributed by atoms with E-state index in [0.717, 1.165) is 0 Å². The van der Waals surface area contributed by atoms with Gasteiger partial charge in [-0.15, -0.1) is 0 Å². The number of rotatable bonds is 5. The van der Waals surface area contributed by atoms with Crippen LogP contribution in [0.5, 0.6) is 0 Å². The van der Waals surface area contributed by atoms with E-state index in [1.807, 2.05) is 0 Å². The standard InChI is InChI=1S/C6H11NO3S/c1-7-5(11)2-4(8)3-6(9)10/h5,7,11H,2-3H2,1H3,(H,9,10). The summed E-state index contributed by atoms with van der Waals surface area (Å²) in [4.78, 5) is 20.8. The van der Waals surface area contributed by atoms with Gasteiger partial charge in [-0.25, -0.2) is 0 Å². The largest absolute Gasteiger partial charge is 0.481 e. The molecule has 0 saturated carbocycles. The number of carbonyl (C=O) groups excluding carboxylic acids is 1. The molecule has 0 fully saturated rings. The van der Waals surface area contributed by atoms with Crippen LogP contribution >= 0.6 is 12.6 Å². The fourth-order valence-corrected chi connectivity index (χ4v) is 0.762. The third-order valence-electron chi connectivity index (χ3n) is 1.10. The van der Waals surface area contributed by atoms with E-state index in [0.29, 0.717) is 0 Å². The number of hydrogen-bond acceptors (Lipinski definition) is 4. The molecular formula is C6H11NO3S. The van der Waals surface area contributed by atoms with Crippen LogP contribution in [0.3, 0.4) is 0 Å². The second-order valence-corrected chi connectivity index (χ2v) is 2.74. The minimum Gasteiger partial charge on any atom is -0.481 e. The summed E-state index contributed by atoms with van der Waals surface area (Å²) in [5, 5.41) is 10.7. The Bertz CT molecular complexity index is 160. The summed E-state index contributed by atoms with van der Waals surface area (Å²) in [6.45, 7) is 0. The second-order valence-electron chi connectivity index (χ2n) is 2.12. The van der Waals surface area contributed by atoms with Gasteiger partial charge in [-0.05, 0) is 7.05 Å². The molecule has 0 heterocycles. The Hall–Kier alpha value is -0.550. The highest BCUT2D eigenvalue weighted by atomic mass is 32.1. The Morgan fingerprint density at radius 1 is 1.64 bits per heavy atom. The Balaban J connectivity index is 3.60. The van der Waals surface area contributed by atoms with Crippen molar-refractivity contribution in [1.29, 1.82) is 0 Å². The summed E-state index contributed by atoms with van der Waals surface area (Å²) in [6, 6.07) is 0. The fourth-order valence-electron chi connectivity index (χ4n) is 0.559. The molecule has 0 aromatic rings. The SMILES string of the molecule is CNC(S)CC(=O)CC(=O)O. The molecule has 0 aliphatic heterocycles. The number of carboxylic acid groups (broad SMARTS) is 1. The number of carbonyl (C=O) groups is 2. The molecule has 0 bridgehead atoms. The van der Waals surface area contributed by atoms with Gasteiger partial charge in [-0.2, -0.15) is 12.6 Å². The smallest absolute Gasteiger partial charge is 0.310 e. The van der Waals surface area contributed by atoms with Crippen LogP contribution in [0.25, 0.3) is 0 Å². The van der Waals surface area contributed by atoms with Crippen molar-refractivity contribution in [3.63, 3.8) is 0 Å². The molecule has 4 nitrogen and oxygen atoms in total. The first kappa shape index (κ1) is 10.4. The summed E-state index contributed by atoms with van der Waals surface area (Å²) in [5.41, 5.74) is 0. The summed E-state index contributed by atoms with van der Waals surface area (Å²) >= 11 is 3.97. The maximum atomic E-state index is 10.8. The van der Waals surface area contributed by atoms with E-state index in [-0.39, 0.29) is 17.6 Å². The van der Waals surface area contributed by atoms with Gasteiger partial charge >= 0.3 is 5.97 Å². The molecule has 2 N–H and O–H groups in total. The predicted molar refractivity (Wildman–Crippen MR) is 43.7 cm³/mol. The molecule has 0 aromatic heterocycles. The highest BCUT2D eigenvalue weighted by molar-refractivity contribution is 7.80. The zero-order valence-electron chi connectivity index (χ0n) is 6.20. The zero-order chi connectivity index (χ0) is 8.85. The molecule has 64 valence electrons. The van der Waals surface area contributed by atoms with Gasteiger partial charge in [0.15, 0.2) is 0 Å². The molecule has 1 unspecified atom stereocenters. The molecule has 0 aromatic carbocycles. The zero-order valence-corrected chi connectivity index (χ0v) is 7.10. The van der Waals surface area contributed by atoms with Gasteiger partial charge in [0, 0.05) is 6.42 Å². The van der Waals surface area contributed by atoms with E-state index in [9.17, 15) is 9.59 Å². The lowest BCUT2D eigenvalue weighted by atomic mass is 10.2. The Labute approximate surface area is 70.4 Å². The monoisotopic (exact) mass is 177 g/mol. The Kier molecular flexibility index (Phi) is 4.89. The predicted octanol–water partition coefficient (Wildman–Crippen LogP) is -0.104. The van der Waals surface area contributed by atoms with E-state index in [2.05, 4.69) is 17.9 Å². The van der Waals surface area contributed by atoms with Gasteiger partial charge in [-0.3, -0.25) is 9.59 Å². The Morgan fingerprint density at radius 2 is 2.18 bits per heavy atom. The van der Waals surface area contributed by atoms with E-state index in [1.54, 1.807) is 7.05 Å². The second kappa shape index (κ2) is 5.15. The molecule has 0 aliphatic carbocycles. The van der Waals surface area contributed by atoms with Crippen molar-refractivity contribution in [1.82, 2.24) is 5.32 Å². The average Bonchev–Trinajstić information content (AvgIpc) is 1.85. The lowest BCUT2D eigenvalue weighted by molar-refractivity contribution is -0.140. The maximum Gasteiger partial charge on any atom is 0.310 e. The topological polar surface area (TPSA) is 66.4 Å². The molecule has 5 heteroatoms. The number of ketones is 1. The maximum absolute atomic E-state index is 10.8. The quantitative estimate of drug-likeness (QED) is 0.311. The molecular weight excluding hydrogens is 166 g/mol. The van der Waals surface area contributed by atoms with E-state index >= 15 is 0 Å².